The fraction of sp³-hybridized carbons (Fsp3) is 0.294. The van der Waals surface area contributed by atoms with Gasteiger partial charge in [0.1, 0.15) is 6.17 Å². The van der Waals surface area contributed by atoms with Crippen LogP contribution in [-0.4, -0.2) is 23.8 Å². The number of aromatic nitrogens is 1. The maximum atomic E-state index is 14.5. The number of rotatable bonds is 1. The minimum absolute atomic E-state index is 0. The molecule has 0 radical (unpaired) electrons. The van der Waals surface area contributed by atoms with Crippen LogP contribution in [0.2, 0.25) is 10.0 Å². The molecule has 3 aromatic rings. The minimum Gasteiger partial charge on any atom is -0.334 e. The predicted molar refractivity (Wildman–Crippen MR) is 98.1 cm³/mol. The van der Waals surface area contributed by atoms with Gasteiger partial charge in [-0.1, -0.05) is 23.2 Å². The van der Waals surface area contributed by atoms with Crippen LogP contribution < -0.4 is 5.32 Å². The maximum absolute atomic E-state index is 14.5. The standard InChI is InChI=1S/C17H15Cl2FN2.ClH/c18-10-1-3-15-12(7-10)13-8-11(19)2-4-16(13)22(15)17-5-6-21-9-14(17)20;/h1-4,7-8,14,17,21H,5-6,9H2;1H/t14-,17+;/m1./s1. The summed E-state index contributed by atoms with van der Waals surface area (Å²) in [5, 5.41) is 6.51. The molecule has 0 unspecified atom stereocenters. The van der Waals surface area contributed by atoms with Gasteiger partial charge in [-0.3, -0.25) is 0 Å². The number of alkyl halides is 1. The number of piperidine rings is 1. The van der Waals surface area contributed by atoms with Crippen LogP contribution in [0, 0.1) is 0 Å². The van der Waals surface area contributed by atoms with Crippen LogP contribution in [0.3, 0.4) is 0 Å². The second-order valence-corrected chi connectivity index (χ2v) is 6.64. The van der Waals surface area contributed by atoms with Gasteiger partial charge in [0.15, 0.2) is 0 Å². The van der Waals surface area contributed by atoms with E-state index < -0.39 is 6.17 Å². The van der Waals surface area contributed by atoms with Crippen LogP contribution in [0.1, 0.15) is 12.5 Å². The molecule has 2 nitrogen and oxygen atoms in total. The Hall–Kier alpha value is -1.00. The molecule has 1 aromatic heterocycles. The first-order chi connectivity index (χ1) is 10.6. The Kier molecular flexibility index (Phi) is 4.75. The molecule has 2 atom stereocenters. The smallest absolute Gasteiger partial charge is 0.133 e. The van der Waals surface area contributed by atoms with E-state index in [4.69, 9.17) is 23.2 Å². The molecule has 4 rings (SSSR count). The lowest BCUT2D eigenvalue weighted by Gasteiger charge is -2.29. The molecule has 0 bridgehead atoms. The van der Waals surface area contributed by atoms with Crippen LogP contribution in [0.4, 0.5) is 4.39 Å². The van der Waals surface area contributed by atoms with Crippen molar-refractivity contribution < 1.29 is 4.39 Å². The highest BCUT2D eigenvalue weighted by atomic mass is 35.5. The zero-order chi connectivity index (χ0) is 15.3. The number of benzene rings is 2. The quantitative estimate of drug-likeness (QED) is 0.604. The monoisotopic (exact) mass is 372 g/mol. The number of nitrogens with one attached hydrogen (secondary N) is 1. The summed E-state index contributed by atoms with van der Waals surface area (Å²) in [4.78, 5) is 0. The molecule has 23 heavy (non-hydrogen) atoms. The van der Waals surface area contributed by atoms with Crippen LogP contribution in [0.15, 0.2) is 36.4 Å². The van der Waals surface area contributed by atoms with E-state index in [-0.39, 0.29) is 18.4 Å². The van der Waals surface area contributed by atoms with Gasteiger partial charge in [-0.25, -0.2) is 4.39 Å². The van der Waals surface area contributed by atoms with E-state index >= 15 is 0 Å². The van der Waals surface area contributed by atoms with Gasteiger partial charge in [0.25, 0.3) is 0 Å². The molecule has 2 aromatic carbocycles. The summed E-state index contributed by atoms with van der Waals surface area (Å²) >= 11 is 12.3. The lowest BCUT2D eigenvalue weighted by molar-refractivity contribution is 0.190. The van der Waals surface area contributed by atoms with E-state index in [0.29, 0.717) is 16.6 Å². The largest absolute Gasteiger partial charge is 0.334 e. The summed E-state index contributed by atoms with van der Waals surface area (Å²) in [5.41, 5.74) is 2.02. The molecule has 0 aliphatic carbocycles. The SMILES string of the molecule is Cl.F[C@@H]1CNCC[C@@H]1n1c2ccc(Cl)cc2c2cc(Cl)ccc21. The third-order valence-corrected chi connectivity index (χ3v) is 4.90. The Morgan fingerprint density at radius 3 is 2.09 bits per heavy atom. The highest BCUT2D eigenvalue weighted by molar-refractivity contribution is 6.33. The van der Waals surface area contributed by atoms with Crippen molar-refractivity contribution in [1.82, 2.24) is 9.88 Å². The van der Waals surface area contributed by atoms with E-state index in [0.717, 1.165) is 34.8 Å². The van der Waals surface area contributed by atoms with E-state index in [9.17, 15) is 4.39 Å². The van der Waals surface area contributed by atoms with Gasteiger partial charge in [0.05, 0.1) is 6.04 Å². The topological polar surface area (TPSA) is 17.0 Å². The first-order valence-electron chi connectivity index (χ1n) is 7.38. The van der Waals surface area contributed by atoms with Crippen molar-refractivity contribution in [2.75, 3.05) is 13.1 Å². The average molecular weight is 374 g/mol. The van der Waals surface area contributed by atoms with Crippen molar-refractivity contribution >= 4 is 57.4 Å². The van der Waals surface area contributed by atoms with Crippen LogP contribution >= 0.6 is 35.6 Å². The van der Waals surface area contributed by atoms with Crippen molar-refractivity contribution in [3.8, 4) is 0 Å². The molecular weight excluding hydrogens is 358 g/mol. The third kappa shape index (κ3) is 2.80. The number of halogens is 4. The number of fused-ring (bicyclic) bond motifs is 3. The van der Waals surface area contributed by atoms with Crippen LogP contribution in [-0.2, 0) is 0 Å². The lowest BCUT2D eigenvalue weighted by Crippen LogP contribution is -2.39. The van der Waals surface area contributed by atoms with Gasteiger partial charge in [-0.05, 0) is 49.4 Å². The molecule has 1 fully saturated rings. The van der Waals surface area contributed by atoms with Gasteiger partial charge in [0, 0.05) is 38.4 Å². The first kappa shape index (κ1) is 16.8. The Morgan fingerprint density at radius 2 is 1.57 bits per heavy atom. The Morgan fingerprint density at radius 1 is 1.00 bits per heavy atom. The first-order valence-corrected chi connectivity index (χ1v) is 8.14. The summed E-state index contributed by atoms with van der Waals surface area (Å²) in [6.45, 7) is 1.22. The normalized spacial score (nSPS) is 21.5. The van der Waals surface area contributed by atoms with Crippen molar-refractivity contribution in [1.29, 1.82) is 0 Å². The van der Waals surface area contributed by atoms with Gasteiger partial charge in [-0.2, -0.15) is 0 Å². The minimum atomic E-state index is -0.904. The second kappa shape index (κ2) is 6.48. The summed E-state index contributed by atoms with van der Waals surface area (Å²) in [5.74, 6) is 0. The van der Waals surface area contributed by atoms with Gasteiger partial charge in [-0.15, -0.1) is 12.4 Å². The number of hydrogen-bond donors (Lipinski definition) is 1. The summed E-state index contributed by atoms with van der Waals surface area (Å²) in [6.07, 6.45) is -0.135. The summed E-state index contributed by atoms with van der Waals surface area (Å²) < 4.78 is 16.6. The molecule has 1 N–H and O–H groups in total. The summed E-state index contributed by atoms with van der Waals surface area (Å²) in [7, 11) is 0. The fourth-order valence-corrected chi connectivity index (χ4v) is 3.80. The van der Waals surface area contributed by atoms with E-state index in [2.05, 4.69) is 9.88 Å². The molecule has 1 aliphatic heterocycles. The fourth-order valence-electron chi connectivity index (χ4n) is 3.45. The molecule has 0 spiro atoms. The van der Waals surface area contributed by atoms with Crippen molar-refractivity contribution in [3.63, 3.8) is 0 Å². The molecule has 2 heterocycles. The molecule has 122 valence electrons. The predicted octanol–water partition coefficient (Wildman–Crippen LogP) is 5.40. The van der Waals surface area contributed by atoms with Crippen molar-refractivity contribution in [2.45, 2.75) is 18.6 Å². The number of nitrogens with zero attached hydrogens (tertiary/aromatic N) is 1. The van der Waals surface area contributed by atoms with Crippen molar-refractivity contribution in [3.05, 3.63) is 46.4 Å². The van der Waals surface area contributed by atoms with E-state index in [1.165, 1.54) is 0 Å². The molecule has 1 aliphatic rings. The molecule has 6 heteroatoms. The average Bonchev–Trinajstić information content (AvgIpc) is 2.81. The number of hydrogen-bond acceptors (Lipinski definition) is 1. The Bertz CT molecular complexity index is 803. The Labute approximate surface area is 150 Å². The lowest BCUT2D eigenvalue weighted by atomic mass is 10.0. The zero-order valence-electron chi connectivity index (χ0n) is 12.2. The maximum Gasteiger partial charge on any atom is 0.133 e. The van der Waals surface area contributed by atoms with E-state index in [1.54, 1.807) is 0 Å². The zero-order valence-corrected chi connectivity index (χ0v) is 14.6. The molecular formula is C17H16Cl3FN2. The van der Waals surface area contributed by atoms with Crippen LogP contribution in [0.25, 0.3) is 21.8 Å². The molecule has 1 saturated heterocycles. The van der Waals surface area contributed by atoms with E-state index in [1.807, 2.05) is 36.4 Å². The highest BCUT2D eigenvalue weighted by Gasteiger charge is 2.28. The van der Waals surface area contributed by atoms with Crippen molar-refractivity contribution in [2.24, 2.45) is 0 Å². The van der Waals surface area contributed by atoms with Gasteiger partial charge >= 0.3 is 0 Å². The molecule has 0 saturated carbocycles. The highest BCUT2D eigenvalue weighted by Crippen LogP contribution is 2.37. The third-order valence-electron chi connectivity index (χ3n) is 4.43. The summed E-state index contributed by atoms with van der Waals surface area (Å²) in [6, 6.07) is 11.4. The Balaban J connectivity index is 0.00000156. The van der Waals surface area contributed by atoms with Gasteiger partial charge < -0.3 is 9.88 Å². The van der Waals surface area contributed by atoms with Crippen LogP contribution in [0.5, 0.6) is 0 Å². The molecule has 0 amide bonds. The second-order valence-electron chi connectivity index (χ2n) is 5.77. The van der Waals surface area contributed by atoms with Gasteiger partial charge in [0.2, 0.25) is 0 Å².